The molecule has 5 heteroatoms. The van der Waals surface area contributed by atoms with Crippen molar-refractivity contribution in [1.29, 1.82) is 0 Å². The van der Waals surface area contributed by atoms with E-state index in [0.29, 0.717) is 24.0 Å². The van der Waals surface area contributed by atoms with Gasteiger partial charge in [-0.3, -0.25) is 4.79 Å². The number of fused-ring (bicyclic) bond motifs is 2. The van der Waals surface area contributed by atoms with Crippen LogP contribution in [-0.4, -0.2) is 46.0 Å². The molecule has 2 aliphatic rings. The Labute approximate surface area is 174 Å². The van der Waals surface area contributed by atoms with E-state index in [-0.39, 0.29) is 11.8 Å². The largest absolute Gasteiger partial charge is 0.481 e. The molecule has 0 aromatic rings. The summed E-state index contributed by atoms with van der Waals surface area (Å²) in [6, 6.07) is 0. The minimum Gasteiger partial charge on any atom is -0.481 e. The molecule has 2 heterocycles. The van der Waals surface area contributed by atoms with E-state index in [9.17, 15) is 9.90 Å². The Kier molecular flexibility index (Phi) is 9.58. The van der Waals surface area contributed by atoms with E-state index in [0.717, 1.165) is 50.0 Å². The van der Waals surface area contributed by atoms with Gasteiger partial charge in [-0.05, 0) is 42.8 Å². The van der Waals surface area contributed by atoms with Crippen molar-refractivity contribution in [3.05, 3.63) is 24.3 Å². The molecule has 1 unspecified atom stereocenters. The normalized spacial score (nSPS) is 28.6. The Bertz CT molecular complexity index is 543. The molecule has 0 saturated carbocycles. The van der Waals surface area contributed by atoms with Crippen molar-refractivity contribution in [2.45, 2.75) is 84.0 Å². The van der Waals surface area contributed by atoms with Crippen LogP contribution in [0.3, 0.4) is 0 Å². The molecule has 4 nitrogen and oxygen atoms in total. The van der Waals surface area contributed by atoms with Crippen LogP contribution >= 0.6 is 11.8 Å². The second kappa shape index (κ2) is 11.4. The zero-order chi connectivity index (χ0) is 20.6. The lowest BCUT2D eigenvalue weighted by atomic mass is 9.76. The first-order valence-corrected chi connectivity index (χ1v) is 12.0. The number of ether oxygens (including phenoxy) is 1. The molecule has 0 spiro atoms. The Morgan fingerprint density at radius 1 is 1.29 bits per heavy atom. The highest BCUT2D eigenvalue weighted by atomic mass is 32.2. The number of aliphatic hydroxyl groups is 1. The highest BCUT2D eigenvalue weighted by Gasteiger charge is 2.47. The lowest BCUT2D eigenvalue weighted by Gasteiger charge is -2.30. The third-order valence-corrected chi connectivity index (χ3v) is 7.20. The summed E-state index contributed by atoms with van der Waals surface area (Å²) in [5, 5.41) is 19.3. The van der Waals surface area contributed by atoms with E-state index in [1.807, 2.05) is 23.9 Å². The molecule has 2 aliphatic heterocycles. The first kappa shape index (κ1) is 23.5. The molecule has 2 bridgehead atoms. The van der Waals surface area contributed by atoms with Gasteiger partial charge in [0, 0.05) is 11.7 Å². The molecular weight excluding hydrogens is 372 g/mol. The maximum absolute atomic E-state index is 10.7. The summed E-state index contributed by atoms with van der Waals surface area (Å²) in [6.45, 7) is 6.50. The molecule has 2 fully saturated rings. The number of unbranched alkanes of at least 4 members (excludes halogenated alkanes) is 1. The molecule has 28 heavy (non-hydrogen) atoms. The first-order chi connectivity index (χ1) is 13.3. The van der Waals surface area contributed by atoms with Gasteiger partial charge in [-0.25, -0.2) is 0 Å². The summed E-state index contributed by atoms with van der Waals surface area (Å²) in [4.78, 5) is 10.5. The highest BCUT2D eigenvalue weighted by molar-refractivity contribution is 7.99. The van der Waals surface area contributed by atoms with Crippen LogP contribution in [0.1, 0.15) is 65.7 Å². The Balaban J connectivity index is 1.81. The van der Waals surface area contributed by atoms with E-state index in [2.05, 4.69) is 26.8 Å². The molecule has 5 atom stereocenters. The van der Waals surface area contributed by atoms with Gasteiger partial charge in [0.25, 0.3) is 0 Å². The molecular formula is C23H38O4S. The third kappa shape index (κ3) is 6.93. The minimum atomic E-state index is -0.782. The van der Waals surface area contributed by atoms with E-state index in [1.54, 1.807) is 6.08 Å². The van der Waals surface area contributed by atoms with Gasteiger partial charge in [0.2, 0.25) is 0 Å². The van der Waals surface area contributed by atoms with Crippen molar-refractivity contribution in [3.63, 3.8) is 0 Å². The van der Waals surface area contributed by atoms with Gasteiger partial charge < -0.3 is 14.9 Å². The van der Waals surface area contributed by atoms with Crippen molar-refractivity contribution >= 4 is 17.7 Å². The van der Waals surface area contributed by atoms with E-state index < -0.39 is 12.1 Å². The van der Waals surface area contributed by atoms with Crippen molar-refractivity contribution in [2.75, 3.05) is 11.5 Å². The zero-order valence-corrected chi connectivity index (χ0v) is 18.5. The average molecular weight is 411 g/mol. The van der Waals surface area contributed by atoms with Gasteiger partial charge in [-0.2, -0.15) is 11.8 Å². The van der Waals surface area contributed by atoms with Crippen LogP contribution in [0.4, 0.5) is 0 Å². The molecule has 0 aliphatic carbocycles. The number of carboxylic acids is 1. The Hall–Kier alpha value is -0.780. The fraction of sp³-hybridized carbons (Fsp3) is 0.783. The van der Waals surface area contributed by atoms with Crippen LogP contribution in [-0.2, 0) is 9.53 Å². The fourth-order valence-corrected chi connectivity index (χ4v) is 5.23. The van der Waals surface area contributed by atoms with Gasteiger partial charge in [0.05, 0.1) is 24.7 Å². The SMILES string of the molecule is CCCCC(C)(C)C(O)/C=C/[C@H]1[C@@H](CCSCC=CCC(=O)O)[C@H]2CC[C@@H]1O2. The number of aliphatic hydroxyl groups excluding tert-OH is 1. The predicted octanol–water partition coefficient (Wildman–Crippen LogP) is 5.07. The quantitative estimate of drug-likeness (QED) is 0.328. The van der Waals surface area contributed by atoms with Crippen molar-refractivity contribution in [2.24, 2.45) is 17.3 Å². The monoisotopic (exact) mass is 410 g/mol. The number of carbonyl (C=O) groups is 1. The summed E-state index contributed by atoms with van der Waals surface area (Å²) in [6.07, 6.45) is 15.1. The number of rotatable bonds is 13. The lowest BCUT2D eigenvalue weighted by Crippen LogP contribution is -2.29. The standard InChI is InChI=1S/C23H38O4S/c1-4-5-14-23(2,3)21(24)12-9-17-18(20-11-10-19(17)27-20)13-16-28-15-7-6-8-22(25)26/h6-7,9,12,17-21,24H,4-5,8,10-11,13-16H2,1-3H3,(H,25,26)/b7-6?,12-9+/t17-,18+,19-,20+,21?/m0/s1. The number of thioether (sulfide) groups is 1. The van der Waals surface area contributed by atoms with Crippen molar-refractivity contribution in [3.8, 4) is 0 Å². The number of hydrogen-bond acceptors (Lipinski definition) is 4. The van der Waals surface area contributed by atoms with E-state index in [1.165, 1.54) is 0 Å². The molecule has 2 rings (SSSR count). The summed E-state index contributed by atoms with van der Waals surface area (Å²) < 4.78 is 6.18. The summed E-state index contributed by atoms with van der Waals surface area (Å²) >= 11 is 1.85. The minimum absolute atomic E-state index is 0.0847. The molecule has 0 aromatic heterocycles. The average Bonchev–Trinajstić information content (AvgIpc) is 3.25. The van der Waals surface area contributed by atoms with E-state index >= 15 is 0 Å². The predicted molar refractivity (Wildman–Crippen MR) is 117 cm³/mol. The van der Waals surface area contributed by atoms with Crippen LogP contribution in [0, 0.1) is 17.3 Å². The first-order valence-electron chi connectivity index (χ1n) is 10.8. The molecule has 2 saturated heterocycles. The molecule has 0 radical (unpaired) electrons. The second-order valence-corrected chi connectivity index (χ2v) is 10.0. The molecule has 0 amide bonds. The smallest absolute Gasteiger partial charge is 0.307 e. The second-order valence-electron chi connectivity index (χ2n) is 8.89. The van der Waals surface area contributed by atoms with E-state index in [4.69, 9.17) is 9.84 Å². The van der Waals surface area contributed by atoms with Crippen LogP contribution in [0.5, 0.6) is 0 Å². The van der Waals surface area contributed by atoms with Gasteiger partial charge in [0.1, 0.15) is 0 Å². The maximum atomic E-state index is 10.7. The lowest BCUT2D eigenvalue weighted by molar-refractivity contribution is -0.136. The zero-order valence-electron chi connectivity index (χ0n) is 17.7. The Morgan fingerprint density at radius 3 is 2.75 bits per heavy atom. The molecule has 2 N–H and O–H groups in total. The molecule has 160 valence electrons. The van der Waals surface area contributed by atoms with Gasteiger partial charge in [0.15, 0.2) is 0 Å². The van der Waals surface area contributed by atoms with Gasteiger partial charge in [-0.1, -0.05) is 57.9 Å². The highest BCUT2D eigenvalue weighted by Crippen LogP contribution is 2.46. The van der Waals surface area contributed by atoms with Crippen LogP contribution in [0.25, 0.3) is 0 Å². The Morgan fingerprint density at radius 2 is 2.04 bits per heavy atom. The van der Waals surface area contributed by atoms with Crippen LogP contribution < -0.4 is 0 Å². The summed E-state index contributed by atoms with van der Waals surface area (Å²) in [7, 11) is 0. The molecule has 0 aromatic carbocycles. The van der Waals surface area contributed by atoms with Gasteiger partial charge >= 0.3 is 5.97 Å². The number of hydrogen-bond donors (Lipinski definition) is 2. The van der Waals surface area contributed by atoms with Crippen LogP contribution in [0.15, 0.2) is 24.3 Å². The third-order valence-electron chi connectivity index (χ3n) is 6.25. The summed E-state index contributed by atoms with van der Waals surface area (Å²) in [5.74, 6) is 2.09. The van der Waals surface area contributed by atoms with Gasteiger partial charge in [-0.15, -0.1) is 0 Å². The van der Waals surface area contributed by atoms with Crippen molar-refractivity contribution in [1.82, 2.24) is 0 Å². The fourth-order valence-electron chi connectivity index (χ4n) is 4.35. The maximum Gasteiger partial charge on any atom is 0.307 e. The van der Waals surface area contributed by atoms with Crippen molar-refractivity contribution < 1.29 is 19.7 Å². The van der Waals surface area contributed by atoms with Crippen LogP contribution in [0.2, 0.25) is 0 Å². The number of carboxylic acid groups (broad SMARTS) is 1. The summed E-state index contributed by atoms with van der Waals surface area (Å²) in [5.41, 5.74) is -0.0847. The number of aliphatic carboxylic acids is 1. The topological polar surface area (TPSA) is 66.8 Å².